The van der Waals surface area contributed by atoms with Gasteiger partial charge in [-0.1, -0.05) is 54.6 Å². The van der Waals surface area contributed by atoms with Gasteiger partial charge in [-0.25, -0.2) is 9.59 Å². The number of nitrogens with one attached hydrogen (secondary N) is 22. The van der Waals surface area contributed by atoms with Gasteiger partial charge in [0.15, 0.2) is 23.8 Å². The van der Waals surface area contributed by atoms with Gasteiger partial charge in [-0.15, -0.1) is 0 Å². The van der Waals surface area contributed by atoms with Crippen molar-refractivity contribution in [2.45, 2.75) is 232 Å². The molecule has 1 aliphatic rings. The highest BCUT2D eigenvalue weighted by atomic mass is 32.1. The van der Waals surface area contributed by atoms with Crippen LogP contribution in [0.25, 0.3) is 10.8 Å². The number of aromatic hydroxyl groups is 1. The number of nitrogens with two attached hydrogens (primary N) is 9. The average Bonchev–Trinajstić information content (AvgIpc) is 1.79. The number of phenolic OH excluding ortho intramolecular Hbond substituents is 1. The molecule has 3 aromatic carbocycles. The van der Waals surface area contributed by atoms with Crippen LogP contribution in [-0.4, -0.2) is 299 Å². The van der Waals surface area contributed by atoms with Crippen LogP contribution >= 0.6 is 25.3 Å². The van der Waals surface area contributed by atoms with Crippen molar-refractivity contribution < 1.29 is 102 Å². The zero-order valence-electron chi connectivity index (χ0n) is 77.5. The molecule has 0 spiro atoms. The van der Waals surface area contributed by atoms with Crippen molar-refractivity contribution in [3.05, 3.63) is 77.9 Å². The first-order valence-corrected chi connectivity index (χ1v) is 46.7. The molecule has 1 saturated heterocycles. The van der Waals surface area contributed by atoms with Gasteiger partial charge >= 0.3 is 24.0 Å². The van der Waals surface area contributed by atoms with E-state index in [-0.39, 0.29) is 185 Å². The molecular weight excluding hydrogens is 1870 g/mol. The second kappa shape index (κ2) is 63.1. The van der Waals surface area contributed by atoms with E-state index in [1.165, 1.54) is 24.3 Å². The van der Waals surface area contributed by atoms with Gasteiger partial charge in [0.25, 0.3) is 0 Å². The van der Waals surface area contributed by atoms with Crippen LogP contribution in [0.3, 0.4) is 0 Å². The number of carboxylic acids is 2. The zero-order valence-corrected chi connectivity index (χ0v) is 79.3. The highest BCUT2D eigenvalue weighted by Crippen LogP contribution is 2.23. The van der Waals surface area contributed by atoms with Crippen molar-refractivity contribution in [3.63, 3.8) is 0 Å². The number of primary amides is 3. The Kier molecular flexibility index (Phi) is 53.1. The van der Waals surface area contributed by atoms with Crippen molar-refractivity contribution in [3.8, 4) is 5.75 Å². The number of fused-ring (bicyclic) bond motifs is 1. The Morgan fingerprint density at radius 3 is 1.08 bits per heavy atom. The van der Waals surface area contributed by atoms with Crippen LogP contribution in [0.1, 0.15) is 146 Å². The van der Waals surface area contributed by atoms with E-state index in [0.717, 1.165) is 15.7 Å². The van der Waals surface area contributed by atoms with E-state index in [4.69, 9.17) is 73.2 Å². The quantitative estimate of drug-likeness (QED) is 0.0108. The zero-order chi connectivity index (χ0) is 104. The lowest BCUT2D eigenvalue weighted by Gasteiger charge is -2.31. The molecule has 140 heavy (non-hydrogen) atoms. The number of carbonyl (C=O) groups is 18. The van der Waals surface area contributed by atoms with E-state index in [1.54, 1.807) is 24.3 Å². The number of carboxylic acid groups (broad SMARTS) is 2. The minimum absolute atomic E-state index is 0.0347. The van der Waals surface area contributed by atoms with Crippen LogP contribution < -0.4 is 147 Å². The molecule has 55 heteroatoms. The molecule has 0 radical (unpaired) electrons. The number of hydrogen-bond acceptors (Lipinski definition) is 27. The standard InChI is InChI=1S/C85H136N32O21S2/c86-32-4-3-15-52(70(127)112-58(29-31-65(121)122)79(136)117-39-11-21-63(117)78(135)111-57(28-30-64(119)120)73(130)109-54(18-8-36-102-83(95)96)68(125)108-56(20-10-38-104-85(98)138)72(129)115-61(43-139)76(133)105-51(66(88)123)16-6-34-100-81(91)92)107-69(126)55(19-9-37-103-84(97)137)110-74(131)59(41-45-23-26-49(118)27-24-45)114-77(134)62(44-140)116-75(132)60(42-46-22-25-47-12-1-2-13-48(47)40-46)113-71(128)53(17-7-35-101-82(93)94)106-67(124)50(87)14-5-33-99-80(89)90/h1-2,12-13,22-27,40,50-63,118,139-140H,3-11,14-21,28-39,41-44,86-87H2,(H2,88,123)(H,105,133)(H,106,124)(H,107,126)(H,108,125)(H,109,130)(H,110,131)(H,111,135)(H,112,127)(H,113,128)(H,114,134)(H,115,129)(H,116,132)(H,119,120)(H,121,122)(H4,89,90,99)(H4,91,92,100)(H4,93,94,101)(H4,95,96,102)(H3,97,103,137)(H3,98,104,138)/t50-,51-,52-,53-,54-,55-,56-,57-,58+,59-,60-,61-,62-,63-/m0/s1. The maximum absolute atomic E-state index is 15.1. The normalized spacial score (nSPS) is 14.8. The maximum atomic E-state index is 15.1. The SMILES string of the molecule is N=C(N)NCCC[C@H](NC(=O)[C@H](CS)NC(=O)[C@H](CCCNC(N)=O)NC(=O)[C@H](CCCNC(=N)N)NC(=O)[C@H](CCC(=O)O)NC(=O)[C@@H]1CCCN1C(=O)[C@@H](CCC(=O)O)NC(=O)[C@H](CCCCN)NC(=O)[C@H](CCCNC(N)=O)NC(=O)[C@H](Cc1ccc(O)cc1)NC(=O)[C@H](CS)NC(=O)[C@H](Cc1ccc2ccccc2c1)NC(=O)[C@H](CCCNC(=N)N)NC(=O)[C@@H](N)CCCNC(=N)N)C(N)=O. The molecular formula is C85H136N32O21S2. The minimum Gasteiger partial charge on any atom is -0.508 e. The Morgan fingerprint density at radius 1 is 0.364 bits per heavy atom. The van der Waals surface area contributed by atoms with Crippen molar-refractivity contribution in [2.75, 3.05) is 63.9 Å². The summed E-state index contributed by atoms with van der Waals surface area (Å²) in [6.45, 7) is -0.229. The molecule has 0 aliphatic carbocycles. The molecule has 0 unspecified atom stereocenters. The summed E-state index contributed by atoms with van der Waals surface area (Å²) in [7, 11) is 0. The van der Waals surface area contributed by atoms with Crippen LogP contribution in [0, 0.1) is 21.6 Å². The predicted octanol–water partition coefficient (Wildman–Crippen LogP) is -8.38. The van der Waals surface area contributed by atoms with E-state index in [0.29, 0.717) is 17.5 Å². The molecule has 14 atom stereocenters. The van der Waals surface area contributed by atoms with Gasteiger partial charge in [0.05, 0.1) is 6.04 Å². The summed E-state index contributed by atoms with van der Waals surface area (Å²) in [5.41, 5.74) is 50.9. The topological polar surface area (TPSA) is 917 Å². The van der Waals surface area contributed by atoms with Gasteiger partial charge in [-0.2, -0.15) is 25.3 Å². The first-order valence-electron chi connectivity index (χ1n) is 45.4. The molecule has 4 rings (SSSR count). The highest BCUT2D eigenvalue weighted by Gasteiger charge is 2.42. The number of hydrogen-bond donors (Lipinski definition) is 36. The summed E-state index contributed by atoms with van der Waals surface area (Å²) < 4.78 is 0. The molecule has 0 saturated carbocycles. The third kappa shape index (κ3) is 45.2. The molecule has 774 valence electrons. The highest BCUT2D eigenvalue weighted by molar-refractivity contribution is 7.80. The van der Waals surface area contributed by atoms with E-state index in [9.17, 15) is 87.2 Å². The summed E-state index contributed by atoms with van der Waals surface area (Å²) in [6, 6.07) is -6.06. The fourth-order valence-corrected chi connectivity index (χ4v) is 15.0. The summed E-state index contributed by atoms with van der Waals surface area (Å²) in [5.74, 6) is -19.8. The van der Waals surface area contributed by atoms with E-state index in [2.05, 4.69) is 121 Å². The first kappa shape index (κ1) is 118. The van der Waals surface area contributed by atoms with Crippen LogP contribution in [0.4, 0.5) is 9.59 Å². The number of guanidine groups is 4. The number of urea groups is 2. The third-order valence-corrected chi connectivity index (χ3v) is 22.6. The van der Waals surface area contributed by atoms with Crippen molar-refractivity contribution in [1.82, 2.24) is 101 Å². The Balaban J connectivity index is 1.70. The number of rotatable bonds is 66. The summed E-state index contributed by atoms with van der Waals surface area (Å²) in [5, 5.41) is 108. The third-order valence-electron chi connectivity index (χ3n) is 21.9. The Labute approximate surface area is 817 Å². The molecule has 1 aliphatic heterocycles. The van der Waals surface area contributed by atoms with Crippen LogP contribution in [-0.2, 0) is 89.6 Å². The molecule has 0 aromatic heterocycles. The number of aliphatic carboxylic acids is 2. The van der Waals surface area contributed by atoms with Crippen LogP contribution in [0.15, 0.2) is 66.7 Å². The maximum Gasteiger partial charge on any atom is 0.312 e. The van der Waals surface area contributed by atoms with Crippen molar-refractivity contribution >= 4 is 167 Å². The number of amides is 18. The number of thiol groups is 2. The lowest BCUT2D eigenvalue weighted by molar-refractivity contribution is -0.144. The van der Waals surface area contributed by atoms with Crippen molar-refractivity contribution in [2.24, 2.45) is 51.6 Å². The van der Waals surface area contributed by atoms with Gasteiger partial charge in [0.1, 0.15) is 84.3 Å². The second-order valence-corrected chi connectivity index (χ2v) is 33.7. The molecule has 1 fully saturated rings. The molecule has 3 aromatic rings. The predicted molar refractivity (Wildman–Crippen MR) is 519 cm³/mol. The van der Waals surface area contributed by atoms with Crippen LogP contribution in [0.2, 0.25) is 0 Å². The fourth-order valence-electron chi connectivity index (χ4n) is 14.5. The molecule has 53 nitrogen and oxygen atoms in total. The van der Waals surface area contributed by atoms with E-state index >= 15 is 14.4 Å². The minimum atomic E-state index is -1.85. The Morgan fingerprint density at radius 2 is 0.686 bits per heavy atom. The Bertz CT molecular complexity index is 4760. The van der Waals surface area contributed by atoms with E-state index in [1.807, 2.05) is 18.2 Å². The Hall–Kier alpha value is -14.5. The summed E-state index contributed by atoms with van der Waals surface area (Å²) in [4.78, 5) is 252. The van der Waals surface area contributed by atoms with Gasteiger partial charge in [-0.3, -0.25) is 98.3 Å². The lowest BCUT2D eigenvalue weighted by Crippen LogP contribution is -2.61. The number of unbranched alkanes of at least 4 members (excludes halogenated alkanes) is 1. The summed E-state index contributed by atoms with van der Waals surface area (Å²) >= 11 is 8.63. The molecule has 43 N–H and O–H groups in total. The van der Waals surface area contributed by atoms with Gasteiger partial charge in [0, 0.05) is 83.0 Å². The van der Waals surface area contributed by atoms with Gasteiger partial charge in [-0.05, 0) is 163 Å². The molecule has 18 amide bonds. The number of likely N-dealkylation sites (tertiary alicyclic amines) is 1. The first-order chi connectivity index (χ1) is 66.4. The largest absolute Gasteiger partial charge is 0.508 e. The van der Waals surface area contributed by atoms with Gasteiger partial charge < -0.3 is 168 Å². The van der Waals surface area contributed by atoms with Gasteiger partial charge in [0.2, 0.25) is 82.7 Å². The fraction of sp³-hybridized carbons (Fsp3) is 0.553. The number of benzene rings is 3. The second-order valence-electron chi connectivity index (χ2n) is 33.0. The summed E-state index contributed by atoms with van der Waals surface area (Å²) in [6.07, 6.45) is -4.18. The number of phenols is 1. The average molecular weight is 2010 g/mol. The van der Waals surface area contributed by atoms with Crippen LogP contribution in [0.5, 0.6) is 5.75 Å². The van der Waals surface area contributed by atoms with Crippen molar-refractivity contribution in [1.29, 1.82) is 21.6 Å². The number of carbonyl (C=O) groups excluding carboxylic acids is 16. The smallest absolute Gasteiger partial charge is 0.312 e. The van der Waals surface area contributed by atoms with E-state index < -0.39 is 241 Å². The molecule has 1 heterocycles. The monoisotopic (exact) mass is 2000 g/mol. The lowest BCUT2D eigenvalue weighted by atomic mass is 10.00. The molecule has 0 bridgehead atoms. The number of nitrogens with zero attached hydrogens (tertiary/aromatic N) is 1.